The van der Waals surface area contributed by atoms with Crippen LogP contribution in [-0.4, -0.2) is 61.7 Å². The maximum atomic E-state index is 12.3. The number of carbonyl (C=O) groups is 1. The molecule has 3 heterocycles. The number of fused-ring (bicyclic) bond motifs is 1. The molecule has 8 heteroatoms. The Kier molecular flexibility index (Phi) is 6.54. The van der Waals surface area contributed by atoms with Gasteiger partial charge in [-0.15, -0.1) is 0 Å². The summed E-state index contributed by atoms with van der Waals surface area (Å²) in [4.78, 5) is 15.2. The molecule has 1 aromatic carbocycles. The van der Waals surface area contributed by atoms with Crippen LogP contribution in [0.1, 0.15) is 23.4 Å². The van der Waals surface area contributed by atoms with Crippen molar-refractivity contribution in [3.63, 3.8) is 0 Å². The summed E-state index contributed by atoms with van der Waals surface area (Å²) in [7, 11) is 0. The largest absolute Gasteiger partial charge is 0.454 e. The van der Waals surface area contributed by atoms with Gasteiger partial charge in [-0.05, 0) is 44.5 Å². The number of hydrogen-bond donors (Lipinski definition) is 3. The van der Waals surface area contributed by atoms with Crippen LogP contribution in [0.5, 0.6) is 11.5 Å². The van der Waals surface area contributed by atoms with Crippen molar-refractivity contribution in [2.75, 3.05) is 46.1 Å². The summed E-state index contributed by atoms with van der Waals surface area (Å²) in [6.45, 7) is 11.7. The smallest absolute Gasteiger partial charge is 0.275 e. The van der Waals surface area contributed by atoms with Gasteiger partial charge in [0.1, 0.15) is 32.7 Å². The number of nitrogens with zero attached hydrogens (tertiary/aromatic N) is 2. The minimum atomic E-state index is 0.151. The molecular weight excluding hydrogens is 382 g/mol. The van der Waals surface area contributed by atoms with Gasteiger partial charge in [0.05, 0.1) is 5.69 Å². The van der Waals surface area contributed by atoms with Crippen LogP contribution < -0.4 is 24.6 Å². The van der Waals surface area contributed by atoms with Crippen molar-refractivity contribution < 1.29 is 24.1 Å². The van der Waals surface area contributed by atoms with Crippen molar-refractivity contribution >= 4 is 5.91 Å². The minimum absolute atomic E-state index is 0.151. The average molecular weight is 416 g/mol. The Bertz CT molecular complexity index is 874. The lowest BCUT2D eigenvalue weighted by Crippen LogP contribution is -3.28. The van der Waals surface area contributed by atoms with Gasteiger partial charge in [-0.25, -0.2) is 0 Å². The number of carbonyl (C=O) groups excluding carboxylic acids is 1. The Morgan fingerprint density at radius 3 is 2.63 bits per heavy atom. The van der Waals surface area contributed by atoms with Crippen LogP contribution in [0.15, 0.2) is 24.3 Å². The SMILES string of the molecule is Cc1cc(C)n(CCCNC(=O)C[NH+]2CC[NH+](Cc3ccc4c(c3)OCO4)CC2)n1. The molecule has 162 valence electrons. The number of hydrogen-bond acceptors (Lipinski definition) is 4. The third kappa shape index (κ3) is 5.31. The van der Waals surface area contributed by atoms with Gasteiger partial charge < -0.3 is 24.6 Å². The number of rotatable bonds is 8. The number of aryl methyl sites for hydroxylation is 3. The van der Waals surface area contributed by atoms with Gasteiger partial charge in [-0.1, -0.05) is 0 Å². The van der Waals surface area contributed by atoms with E-state index in [0.717, 1.165) is 62.9 Å². The molecule has 0 radical (unpaired) electrons. The molecule has 0 spiro atoms. The third-order valence-electron chi connectivity index (χ3n) is 5.94. The fraction of sp³-hybridized carbons (Fsp3) is 0.545. The highest BCUT2D eigenvalue weighted by Gasteiger charge is 2.25. The van der Waals surface area contributed by atoms with E-state index in [1.165, 1.54) is 16.2 Å². The van der Waals surface area contributed by atoms with Crippen molar-refractivity contribution in [2.24, 2.45) is 0 Å². The maximum absolute atomic E-state index is 12.3. The molecule has 2 aliphatic rings. The number of piperazine rings is 1. The molecule has 2 aromatic rings. The highest BCUT2D eigenvalue weighted by atomic mass is 16.7. The number of ether oxygens (including phenoxy) is 2. The number of benzene rings is 1. The van der Waals surface area contributed by atoms with Gasteiger partial charge >= 0.3 is 0 Å². The second-order valence-corrected chi connectivity index (χ2v) is 8.39. The minimum Gasteiger partial charge on any atom is -0.454 e. The van der Waals surface area contributed by atoms with E-state index in [1.54, 1.807) is 4.90 Å². The Morgan fingerprint density at radius 2 is 1.87 bits per heavy atom. The lowest BCUT2D eigenvalue weighted by atomic mass is 10.1. The van der Waals surface area contributed by atoms with Crippen molar-refractivity contribution in [3.8, 4) is 11.5 Å². The first kappa shape index (κ1) is 20.7. The lowest BCUT2D eigenvalue weighted by molar-refractivity contribution is -1.02. The van der Waals surface area contributed by atoms with E-state index in [4.69, 9.17) is 9.47 Å². The molecule has 0 atom stereocenters. The molecule has 1 aromatic heterocycles. The fourth-order valence-electron chi connectivity index (χ4n) is 4.30. The third-order valence-corrected chi connectivity index (χ3v) is 5.94. The lowest BCUT2D eigenvalue weighted by Gasteiger charge is -2.29. The van der Waals surface area contributed by atoms with Crippen molar-refractivity contribution in [3.05, 3.63) is 41.2 Å². The molecular formula is C22H33N5O3+2. The summed E-state index contributed by atoms with van der Waals surface area (Å²) in [6, 6.07) is 8.29. The first-order valence-corrected chi connectivity index (χ1v) is 10.9. The summed E-state index contributed by atoms with van der Waals surface area (Å²) in [5.74, 6) is 1.84. The summed E-state index contributed by atoms with van der Waals surface area (Å²) in [5, 5.41) is 7.53. The van der Waals surface area contributed by atoms with E-state index >= 15 is 0 Å². The molecule has 4 rings (SSSR count). The molecule has 0 aliphatic carbocycles. The monoisotopic (exact) mass is 415 g/mol. The Balaban J connectivity index is 1.12. The van der Waals surface area contributed by atoms with E-state index in [0.29, 0.717) is 19.9 Å². The Morgan fingerprint density at radius 1 is 1.10 bits per heavy atom. The van der Waals surface area contributed by atoms with Gasteiger partial charge in [0, 0.05) is 24.3 Å². The van der Waals surface area contributed by atoms with Crippen molar-refractivity contribution in [2.45, 2.75) is 33.4 Å². The van der Waals surface area contributed by atoms with Crippen LogP contribution in [0.25, 0.3) is 0 Å². The molecule has 2 aliphatic heterocycles. The van der Waals surface area contributed by atoms with Gasteiger partial charge in [-0.2, -0.15) is 5.10 Å². The standard InChI is InChI=1S/C22H31N5O3/c1-17-12-18(2)27(24-17)7-3-6-23-22(28)15-26-10-8-25(9-11-26)14-19-4-5-20-21(13-19)30-16-29-20/h4-5,12-13H,3,6-11,14-16H2,1-2H3,(H,23,28)/p+2. The van der Waals surface area contributed by atoms with E-state index in [-0.39, 0.29) is 5.91 Å². The normalized spacial score (nSPS) is 20.3. The molecule has 3 N–H and O–H groups in total. The Hall–Kier alpha value is -2.58. The molecule has 1 fully saturated rings. The highest BCUT2D eigenvalue weighted by molar-refractivity contribution is 5.76. The molecule has 0 saturated carbocycles. The summed E-state index contributed by atoms with van der Waals surface area (Å²) in [6.07, 6.45) is 0.899. The van der Waals surface area contributed by atoms with Crippen LogP contribution >= 0.6 is 0 Å². The fourth-order valence-corrected chi connectivity index (χ4v) is 4.30. The van der Waals surface area contributed by atoms with Gasteiger partial charge in [0.15, 0.2) is 18.0 Å². The second-order valence-electron chi connectivity index (χ2n) is 8.39. The molecule has 0 unspecified atom stereocenters. The second kappa shape index (κ2) is 9.49. The van der Waals surface area contributed by atoms with E-state index in [9.17, 15) is 4.79 Å². The topological polar surface area (TPSA) is 74.3 Å². The van der Waals surface area contributed by atoms with Gasteiger partial charge in [0.2, 0.25) is 6.79 Å². The Labute approximate surface area is 177 Å². The molecule has 1 amide bonds. The first-order chi connectivity index (χ1) is 14.6. The van der Waals surface area contributed by atoms with Gasteiger partial charge in [0.25, 0.3) is 5.91 Å². The quantitative estimate of drug-likeness (QED) is 0.470. The highest BCUT2D eigenvalue weighted by Crippen LogP contribution is 2.32. The zero-order chi connectivity index (χ0) is 20.9. The van der Waals surface area contributed by atoms with E-state index in [1.807, 2.05) is 17.7 Å². The maximum Gasteiger partial charge on any atom is 0.275 e. The predicted octanol–water partition coefficient (Wildman–Crippen LogP) is -1.28. The van der Waals surface area contributed by atoms with Crippen molar-refractivity contribution in [1.82, 2.24) is 15.1 Å². The molecule has 30 heavy (non-hydrogen) atoms. The van der Waals surface area contributed by atoms with Crippen LogP contribution in [0.4, 0.5) is 0 Å². The first-order valence-electron chi connectivity index (χ1n) is 10.9. The number of aromatic nitrogens is 2. The van der Waals surface area contributed by atoms with E-state index in [2.05, 4.69) is 35.5 Å². The average Bonchev–Trinajstić information content (AvgIpc) is 3.32. The zero-order valence-corrected chi connectivity index (χ0v) is 18.0. The summed E-state index contributed by atoms with van der Waals surface area (Å²) in [5.41, 5.74) is 3.49. The molecule has 8 nitrogen and oxygen atoms in total. The summed E-state index contributed by atoms with van der Waals surface area (Å²) < 4.78 is 12.9. The molecule has 1 saturated heterocycles. The van der Waals surface area contributed by atoms with Gasteiger partial charge in [-0.3, -0.25) is 9.48 Å². The van der Waals surface area contributed by atoms with E-state index < -0.39 is 0 Å². The molecule has 0 bridgehead atoms. The number of quaternary nitrogens is 2. The number of amides is 1. The van der Waals surface area contributed by atoms with Crippen LogP contribution in [0, 0.1) is 13.8 Å². The van der Waals surface area contributed by atoms with Crippen LogP contribution in [0.2, 0.25) is 0 Å². The van der Waals surface area contributed by atoms with Crippen molar-refractivity contribution in [1.29, 1.82) is 0 Å². The predicted molar refractivity (Wildman–Crippen MR) is 112 cm³/mol. The van der Waals surface area contributed by atoms with Crippen LogP contribution in [-0.2, 0) is 17.9 Å². The number of nitrogens with one attached hydrogen (secondary N) is 3. The zero-order valence-electron chi connectivity index (χ0n) is 18.0. The summed E-state index contributed by atoms with van der Waals surface area (Å²) >= 11 is 0. The van der Waals surface area contributed by atoms with Crippen LogP contribution in [0.3, 0.4) is 0 Å².